The van der Waals surface area contributed by atoms with E-state index in [4.69, 9.17) is 11.5 Å². The second kappa shape index (κ2) is 2.46. The highest BCUT2D eigenvalue weighted by atomic mass is 14.7. The molecule has 0 aliphatic heterocycles. The molecule has 1 aliphatic carbocycles. The molecule has 0 saturated carbocycles. The molecule has 11 heavy (non-hydrogen) atoms. The molecule has 0 aromatic rings. The van der Waals surface area contributed by atoms with Crippen LogP contribution >= 0.6 is 0 Å². The molecule has 1 rings (SSSR count). The molecule has 0 radical (unpaired) electrons. The standard InChI is InChI=1S/C9H14N2/c1-9(2)5-3-4-7(10)8(11)6-9/h3-6H,10-11H2,1-2H3. The molecule has 0 bridgehead atoms. The number of nitrogens with two attached hydrogens (primary N) is 2. The van der Waals surface area contributed by atoms with Crippen LogP contribution in [0.3, 0.4) is 0 Å². The van der Waals surface area contributed by atoms with Gasteiger partial charge in [0.2, 0.25) is 0 Å². The summed E-state index contributed by atoms with van der Waals surface area (Å²) in [6, 6.07) is 0. The summed E-state index contributed by atoms with van der Waals surface area (Å²) in [7, 11) is 0. The number of hydrogen-bond donors (Lipinski definition) is 2. The fourth-order valence-electron chi connectivity index (χ4n) is 1.03. The van der Waals surface area contributed by atoms with Crippen LogP contribution in [0, 0.1) is 5.41 Å². The van der Waals surface area contributed by atoms with Crippen LogP contribution in [0.15, 0.2) is 35.7 Å². The molecule has 0 spiro atoms. The van der Waals surface area contributed by atoms with Gasteiger partial charge in [-0.25, -0.2) is 0 Å². The van der Waals surface area contributed by atoms with Crippen LogP contribution < -0.4 is 11.5 Å². The van der Waals surface area contributed by atoms with Gasteiger partial charge in [0.15, 0.2) is 0 Å². The first-order valence-electron chi connectivity index (χ1n) is 3.65. The second-order valence-corrected chi connectivity index (χ2v) is 3.40. The molecule has 60 valence electrons. The van der Waals surface area contributed by atoms with Crippen LogP contribution in [-0.4, -0.2) is 0 Å². The van der Waals surface area contributed by atoms with Gasteiger partial charge in [-0.2, -0.15) is 0 Å². The maximum absolute atomic E-state index is 5.68. The Hall–Kier alpha value is -1.18. The molecule has 0 fully saturated rings. The Bertz CT molecular complexity index is 244. The van der Waals surface area contributed by atoms with Gasteiger partial charge >= 0.3 is 0 Å². The van der Waals surface area contributed by atoms with E-state index in [-0.39, 0.29) is 5.41 Å². The Morgan fingerprint density at radius 1 is 1.18 bits per heavy atom. The van der Waals surface area contributed by atoms with Crippen LogP contribution in [0.4, 0.5) is 0 Å². The topological polar surface area (TPSA) is 52.0 Å². The quantitative estimate of drug-likeness (QED) is 0.546. The van der Waals surface area contributed by atoms with Crippen LogP contribution in [0.1, 0.15) is 13.8 Å². The molecule has 0 aromatic heterocycles. The van der Waals surface area contributed by atoms with E-state index in [9.17, 15) is 0 Å². The lowest BCUT2D eigenvalue weighted by Crippen LogP contribution is -2.12. The van der Waals surface area contributed by atoms with E-state index in [0.717, 1.165) is 0 Å². The predicted molar refractivity (Wildman–Crippen MR) is 47.5 cm³/mol. The van der Waals surface area contributed by atoms with Gasteiger partial charge in [-0.3, -0.25) is 0 Å². The van der Waals surface area contributed by atoms with Gasteiger partial charge in [0.05, 0.1) is 11.4 Å². The molecule has 2 heteroatoms. The Balaban J connectivity index is 3.03. The van der Waals surface area contributed by atoms with Crippen molar-refractivity contribution in [3.05, 3.63) is 35.7 Å². The highest BCUT2D eigenvalue weighted by Gasteiger charge is 2.12. The van der Waals surface area contributed by atoms with Gasteiger partial charge in [-0.05, 0) is 12.2 Å². The number of allylic oxidation sites excluding steroid dienone is 4. The van der Waals surface area contributed by atoms with Crippen LogP contribution in [-0.2, 0) is 0 Å². The molecular weight excluding hydrogens is 136 g/mol. The van der Waals surface area contributed by atoms with E-state index in [2.05, 4.69) is 19.9 Å². The maximum Gasteiger partial charge on any atom is 0.0544 e. The van der Waals surface area contributed by atoms with Crippen LogP contribution in [0.25, 0.3) is 0 Å². The summed E-state index contributed by atoms with van der Waals surface area (Å²) in [5, 5.41) is 0. The molecular formula is C9H14N2. The Morgan fingerprint density at radius 2 is 1.82 bits per heavy atom. The third-order valence-corrected chi connectivity index (χ3v) is 1.66. The number of rotatable bonds is 0. The largest absolute Gasteiger partial charge is 0.397 e. The van der Waals surface area contributed by atoms with E-state index < -0.39 is 0 Å². The predicted octanol–water partition coefficient (Wildman–Crippen LogP) is 1.27. The van der Waals surface area contributed by atoms with Gasteiger partial charge in [0, 0.05) is 5.41 Å². The zero-order valence-electron chi connectivity index (χ0n) is 6.96. The highest BCUT2D eigenvalue weighted by molar-refractivity contribution is 5.34. The van der Waals surface area contributed by atoms with Gasteiger partial charge in [-0.15, -0.1) is 0 Å². The van der Waals surface area contributed by atoms with Gasteiger partial charge < -0.3 is 11.5 Å². The molecule has 0 aromatic carbocycles. The molecule has 0 amide bonds. The first-order valence-corrected chi connectivity index (χ1v) is 3.65. The summed E-state index contributed by atoms with van der Waals surface area (Å²) in [5.41, 5.74) is 12.6. The monoisotopic (exact) mass is 150 g/mol. The summed E-state index contributed by atoms with van der Waals surface area (Å²) in [6.07, 6.45) is 7.79. The summed E-state index contributed by atoms with van der Waals surface area (Å²) in [6.45, 7) is 4.17. The van der Waals surface area contributed by atoms with E-state index in [1.165, 1.54) is 0 Å². The Kier molecular flexibility index (Phi) is 1.77. The SMILES string of the molecule is CC1(C)C=CC=C(N)C(N)=C1. The number of hydrogen-bond acceptors (Lipinski definition) is 2. The first-order chi connectivity index (χ1) is 5.01. The molecule has 0 heterocycles. The lowest BCUT2D eigenvalue weighted by Gasteiger charge is -2.14. The van der Waals surface area contributed by atoms with Crippen LogP contribution in [0.5, 0.6) is 0 Å². The molecule has 4 N–H and O–H groups in total. The molecule has 1 aliphatic rings. The van der Waals surface area contributed by atoms with Crippen molar-refractivity contribution in [2.45, 2.75) is 13.8 Å². The summed E-state index contributed by atoms with van der Waals surface area (Å²) < 4.78 is 0. The Morgan fingerprint density at radius 3 is 2.45 bits per heavy atom. The zero-order valence-corrected chi connectivity index (χ0v) is 6.96. The van der Waals surface area contributed by atoms with Crippen molar-refractivity contribution in [3.63, 3.8) is 0 Å². The fourth-order valence-corrected chi connectivity index (χ4v) is 1.03. The van der Waals surface area contributed by atoms with Crippen molar-refractivity contribution in [1.29, 1.82) is 0 Å². The first kappa shape index (κ1) is 7.92. The van der Waals surface area contributed by atoms with Crippen molar-refractivity contribution in [2.24, 2.45) is 16.9 Å². The van der Waals surface area contributed by atoms with Crippen molar-refractivity contribution >= 4 is 0 Å². The lowest BCUT2D eigenvalue weighted by molar-refractivity contribution is 0.622. The van der Waals surface area contributed by atoms with E-state index >= 15 is 0 Å². The van der Waals surface area contributed by atoms with Crippen molar-refractivity contribution in [1.82, 2.24) is 0 Å². The van der Waals surface area contributed by atoms with Crippen molar-refractivity contribution < 1.29 is 0 Å². The minimum Gasteiger partial charge on any atom is -0.397 e. The third-order valence-electron chi connectivity index (χ3n) is 1.66. The highest BCUT2D eigenvalue weighted by Crippen LogP contribution is 2.23. The minimum absolute atomic E-state index is 0.0156. The van der Waals surface area contributed by atoms with Crippen LogP contribution in [0.2, 0.25) is 0 Å². The minimum atomic E-state index is 0.0156. The molecule has 0 atom stereocenters. The Labute approximate surface area is 67.3 Å². The van der Waals surface area contributed by atoms with E-state index in [1.54, 1.807) is 0 Å². The molecule has 0 saturated heterocycles. The zero-order chi connectivity index (χ0) is 8.48. The fraction of sp³-hybridized carbons (Fsp3) is 0.333. The van der Waals surface area contributed by atoms with E-state index in [1.807, 2.05) is 18.2 Å². The molecule has 0 unspecified atom stereocenters. The van der Waals surface area contributed by atoms with Gasteiger partial charge in [-0.1, -0.05) is 26.0 Å². The summed E-state index contributed by atoms with van der Waals surface area (Å²) in [5.74, 6) is 0. The van der Waals surface area contributed by atoms with E-state index in [0.29, 0.717) is 11.4 Å². The van der Waals surface area contributed by atoms with Gasteiger partial charge in [0.25, 0.3) is 0 Å². The normalized spacial score (nSPS) is 22.0. The second-order valence-electron chi connectivity index (χ2n) is 3.40. The van der Waals surface area contributed by atoms with Crippen molar-refractivity contribution in [2.75, 3.05) is 0 Å². The van der Waals surface area contributed by atoms with Crippen molar-refractivity contribution in [3.8, 4) is 0 Å². The average molecular weight is 150 g/mol. The maximum atomic E-state index is 5.68. The summed E-state index contributed by atoms with van der Waals surface area (Å²) >= 11 is 0. The lowest BCUT2D eigenvalue weighted by atomic mass is 9.92. The smallest absolute Gasteiger partial charge is 0.0544 e. The summed E-state index contributed by atoms with van der Waals surface area (Å²) in [4.78, 5) is 0. The third kappa shape index (κ3) is 1.87. The average Bonchev–Trinajstić information content (AvgIpc) is 1.93. The molecule has 2 nitrogen and oxygen atoms in total. The van der Waals surface area contributed by atoms with Gasteiger partial charge in [0.1, 0.15) is 0 Å².